The van der Waals surface area contributed by atoms with Gasteiger partial charge >= 0.3 is 13.8 Å². The lowest BCUT2D eigenvalue weighted by Crippen LogP contribution is -2.18. The van der Waals surface area contributed by atoms with Gasteiger partial charge < -0.3 is 30.4 Å². The first-order valence-electron chi connectivity index (χ1n) is 13.0. The number of carbonyl (C=O) groups is 1. The molecule has 1 aliphatic carbocycles. The van der Waals surface area contributed by atoms with E-state index in [1.807, 2.05) is 6.07 Å². The minimum atomic E-state index is -4.78. The van der Waals surface area contributed by atoms with Gasteiger partial charge in [0, 0.05) is 25.5 Å². The lowest BCUT2D eigenvalue weighted by Gasteiger charge is -2.27. The molecular weight excluding hydrogens is 562 g/mol. The van der Waals surface area contributed by atoms with E-state index >= 15 is 0 Å². The number of anilines is 4. The Morgan fingerprint density at radius 3 is 2.37 bits per heavy atom. The first-order valence-corrected chi connectivity index (χ1v) is 14.8. The number of rotatable bonds is 7. The second-order valence-corrected chi connectivity index (χ2v) is 12.1. The summed E-state index contributed by atoms with van der Waals surface area (Å²) in [4.78, 5) is 40.8. The molecule has 1 aromatic heterocycles. The van der Waals surface area contributed by atoms with Gasteiger partial charge in [-0.05, 0) is 66.5 Å². The molecule has 0 unspecified atom stereocenters. The molecule has 1 saturated carbocycles. The van der Waals surface area contributed by atoms with Crippen molar-refractivity contribution >= 4 is 36.6 Å². The van der Waals surface area contributed by atoms with Crippen LogP contribution < -0.4 is 10.6 Å². The summed E-state index contributed by atoms with van der Waals surface area (Å²) in [6.45, 7) is 0.332. The molecule has 2 heterocycles. The second-order valence-electron chi connectivity index (χ2n) is 10.4. The summed E-state index contributed by atoms with van der Waals surface area (Å²) in [5.74, 6) is -0.849. The molecule has 218 valence electrons. The third kappa shape index (κ3) is 6.54. The summed E-state index contributed by atoms with van der Waals surface area (Å²) < 4.78 is 53.0. The number of halogens is 3. The van der Waals surface area contributed by atoms with Crippen LogP contribution in [-0.2, 0) is 23.4 Å². The molecule has 2 aromatic carbocycles. The van der Waals surface area contributed by atoms with E-state index in [9.17, 15) is 27.6 Å². The molecule has 0 bridgehead atoms. The predicted molar refractivity (Wildman–Crippen MR) is 145 cm³/mol. The van der Waals surface area contributed by atoms with Gasteiger partial charge in [0.25, 0.3) is 5.91 Å². The standard InChI is InChI=1S/C27H29F3N5O5P/c1-35-13-20-19(16-4-8-18(36)9-5-16)10-11-22(23(20)25(35)37)33-24-21(27(28,29)30)12-31-26(34-24)32-17-6-2-15(3-7-17)14-41(38,39)40/h2-3,6-7,10-12,16,18,36H,4-5,8-9,13-14H2,1H3,(H2,38,39,40)(H2,31,32,33,34). The Bertz CT molecular complexity index is 1500. The van der Waals surface area contributed by atoms with E-state index in [0.717, 1.165) is 24.0 Å². The molecule has 1 fully saturated rings. The number of alkyl halides is 3. The van der Waals surface area contributed by atoms with Gasteiger partial charge in [-0.1, -0.05) is 18.2 Å². The summed E-state index contributed by atoms with van der Waals surface area (Å²) in [6, 6.07) is 9.40. The van der Waals surface area contributed by atoms with Gasteiger partial charge in [-0.2, -0.15) is 18.2 Å². The molecular formula is C27H29F3N5O5P. The van der Waals surface area contributed by atoms with E-state index < -0.39 is 31.3 Å². The number of aromatic nitrogens is 2. The Morgan fingerprint density at radius 1 is 1.05 bits per heavy atom. The summed E-state index contributed by atoms with van der Waals surface area (Å²) in [5, 5.41) is 15.5. The Morgan fingerprint density at radius 2 is 1.73 bits per heavy atom. The number of benzene rings is 2. The molecule has 2 aliphatic rings. The molecule has 5 rings (SSSR count). The van der Waals surface area contributed by atoms with Gasteiger partial charge in [0.05, 0.1) is 23.5 Å². The van der Waals surface area contributed by atoms with Crippen molar-refractivity contribution in [2.24, 2.45) is 0 Å². The van der Waals surface area contributed by atoms with Crippen LogP contribution in [0.1, 0.15) is 64.2 Å². The number of hydrogen-bond donors (Lipinski definition) is 5. The Hall–Kier alpha value is -3.51. The van der Waals surface area contributed by atoms with Crippen LogP contribution in [0.5, 0.6) is 0 Å². The number of nitrogens with one attached hydrogen (secondary N) is 2. The zero-order chi connectivity index (χ0) is 29.5. The zero-order valence-corrected chi connectivity index (χ0v) is 22.9. The SMILES string of the molecule is CN1Cc2c(C3CCC(O)CC3)ccc(Nc3nc(Nc4ccc(CP(=O)(O)O)cc4)ncc3C(F)(F)F)c2C1=O. The molecule has 0 radical (unpaired) electrons. The summed E-state index contributed by atoms with van der Waals surface area (Å²) >= 11 is 0. The average Bonchev–Trinajstić information content (AvgIpc) is 3.19. The summed E-state index contributed by atoms with van der Waals surface area (Å²) in [5.41, 5.74) is 1.90. The molecule has 5 N–H and O–H groups in total. The highest BCUT2D eigenvalue weighted by molar-refractivity contribution is 7.50. The molecule has 3 aromatic rings. The first kappa shape index (κ1) is 29.0. The first-order chi connectivity index (χ1) is 19.3. The van der Waals surface area contributed by atoms with Crippen molar-refractivity contribution in [3.8, 4) is 0 Å². The van der Waals surface area contributed by atoms with Crippen LogP contribution in [0.3, 0.4) is 0 Å². The van der Waals surface area contributed by atoms with Crippen molar-refractivity contribution < 1.29 is 37.4 Å². The lowest BCUT2D eigenvalue weighted by atomic mass is 9.80. The maximum Gasteiger partial charge on any atom is 0.421 e. The van der Waals surface area contributed by atoms with Crippen molar-refractivity contribution in [1.82, 2.24) is 14.9 Å². The zero-order valence-electron chi connectivity index (χ0n) is 22.0. The number of amides is 1. The van der Waals surface area contributed by atoms with Crippen molar-refractivity contribution in [1.29, 1.82) is 0 Å². The number of fused-ring (bicyclic) bond motifs is 1. The molecule has 0 saturated heterocycles. The fourth-order valence-electron chi connectivity index (χ4n) is 5.38. The third-order valence-corrected chi connectivity index (χ3v) is 8.16. The Balaban J connectivity index is 1.46. The van der Waals surface area contributed by atoms with E-state index in [4.69, 9.17) is 9.79 Å². The molecule has 1 aliphatic heterocycles. The van der Waals surface area contributed by atoms with Crippen LogP contribution in [0.2, 0.25) is 0 Å². The largest absolute Gasteiger partial charge is 0.421 e. The molecule has 10 nitrogen and oxygen atoms in total. The van der Waals surface area contributed by atoms with Gasteiger partial charge in [0.15, 0.2) is 0 Å². The van der Waals surface area contributed by atoms with E-state index in [-0.39, 0.29) is 29.6 Å². The van der Waals surface area contributed by atoms with Crippen LogP contribution >= 0.6 is 7.60 Å². The van der Waals surface area contributed by atoms with Crippen LogP contribution in [-0.4, -0.2) is 48.8 Å². The molecule has 14 heteroatoms. The summed E-state index contributed by atoms with van der Waals surface area (Å²) in [6.07, 6.45) is -2.09. The number of carbonyl (C=O) groups excluding carboxylic acids is 1. The van der Waals surface area contributed by atoms with E-state index in [0.29, 0.717) is 42.4 Å². The van der Waals surface area contributed by atoms with Crippen molar-refractivity contribution in [2.75, 3.05) is 17.7 Å². The van der Waals surface area contributed by atoms with Gasteiger partial charge in [-0.3, -0.25) is 9.36 Å². The number of hydrogen-bond acceptors (Lipinski definition) is 7. The normalized spacial score (nSPS) is 19.3. The quantitative estimate of drug-likeness (QED) is 0.232. The van der Waals surface area contributed by atoms with E-state index in [1.54, 1.807) is 13.1 Å². The maximum absolute atomic E-state index is 13.9. The molecule has 0 atom stereocenters. The monoisotopic (exact) mass is 591 g/mol. The van der Waals surface area contributed by atoms with Crippen LogP contribution in [0.15, 0.2) is 42.6 Å². The minimum absolute atomic E-state index is 0.147. The van der Waals surface area contributed by atoms with E-state index in [2.05, 4.69) is 20.6 Å². The Kier molecular flexibility index (Phi) is 7.82. The van der Waals surface area contributed by atoms with Crippen LogP contribution in [0, 0.1) is 0 Å². The van der Waals surface area contributed by atoms with Gasteiger partial charge in [-0.25, -0.2) is 4.98 Å². The number of nitrogens with zero attached hydrogens (tertiary/aromatic N) is 3. The van der Waals surface area contributed by atoms with Crippen molar-refractivity contribution in [3.05, 3.63) is 70.4 Å². The van der Waals surface area contributed by atoms with Crippen LogP contribution in [0.4, 0.5) is 36.3 Å². The van der Waals surface area contributed by atoms with E-state index in [1.165, 1.54) is 29.2 Å². The highest BCUT2D eigenvalue weighted by Crippen LogP contribution is 2.43. The topological polar surface area (TPSA) is 148 Å². The number of aliphatic hydroxyl groups is 1. The predicted octanol–water partition coefficient (Wildman–Crippen LogP) is 5.26. The van der Waals surface area contributed by atoms with Crippen molar-refractivity contribution in [3.63, 3.8) is 0 Å². The lowest BCUT2D eigenvalue weighted by molar-refractivity contribution is -0.137. The smallest absolute Gasteiger partial charge is 0.393 e. The van der Waals surface area contributed by atoms with Gasteiger partial charge in [0.1, 0.15) is 11.4 Å². The Labute approximate surface area is 233 Å². The summed E-state index contributed by atoms with van der Waals surface area (Å²) in [7, 11) is -2.62. The minimum Gasteiger partial charge on any atom is -0.393 e. The highest BCUT2D eigenvalue weighted by atomic mass is 31.2. The molecule has 1 amide bonds. The highest BCUT2D eigenvalue weighted by Gasteiger charge is 2.37. The van der Waals surface area contributed by atoms with Gasteiger partial charge in [0.2, 0.25) is 5.95 Å². The van der Waals surface area contributed by atoms with Crippen molar-refractivity contribution in [2.45, 2.75) is 56.6 Å². The number of aliphatic hydroxyl groups excluding tert-OH is 1. The second kappa shape index (κ2) is 11.1. The molecule has 41 heavy (non-hydrogen) atoms. The van der Waals surface area contributed by atoms with Gasteiger partial charge in [-0.15, -0.1) is 0 Å². The molecule has 0 spiro atoms. The fraction of sp³-hybridized carbons (Fsp3) is 0.370. The fourth-order valence-corrected chi connectivity index (χ4v) is 6.07. The maximum atomic E-state index is 13.9. The third-order valence-electron chi connectivity index (χ3n) is 7.39. The average molecular weight is 592 g/mol. The van der Waals surface area contributed by atoms with Crippen LogP contribution in [0.25, 0.3) is 0 Å².